The number of ketones is 1. The molecule has 32 heavy (non-hydrogen) atoms. The summed E-state index contributed by atoms with van der Waals surface area (Å²) in [6, 6.07) is 25.9. The topological polar surface area (TPSA) is 76.9 Å². The van der Waals surface area contributed by atoms with Crippen LogP contribution < -0.4 is 5.32 Å². The van der Waals surface area contributed by atoms with Crippen molar-refractivity contribution in [2.45, 2.75) is 18.6 Å². The number of para-hydroxylation sites is 1. The molecule has 1 amide bonds. The molecular formula is C25H22N4O2S. The summed E-state index contributed by atoms with van der Waals surface area (Å²) in [5, 5.41) is 12.1. The molecule has 0 saturated carbocycles. The van der Waals surface area contributed by atoms with Crippen molar-refractivity contribution in [1.82, 2.24) is 14.8 Å². The Kier molecular flexibility index (Phi) is 6.77. The summed E-state index contributed by atoms with van der Waals surface area (Å²) in [4.78, 5) is 25.5. The quantitative estimate of drug-likeness (QED) is 0.309. The molecular weight excluding hydrogens is 420 g/mol. The van der Waals surface area contributed by atoms with Gasteiger partial charge in [-0.05, 0) is 19.1 Å². The first-order valence-corrected chi connectivity index (χ1v) is 11.3. The number of hydrogen-bond acceptors (Lipinski definition) is 5. The van der Waals surface area contributed by atoms with E-state index in [1.165, 1.54) is 11.8 Å². The lowest BCUT2D eigenvalue weighted by Gasteiger charge is -2.11. The summed E-state index contributed by atoms with van der Waals surface area (Å²) in [5.41, 5.74) is 2.51. The second kappa shape index (κ2) is 10.1. The number of anilines is 1. The summed E-state index contributed by atoms with van der Waals surface area (Å²) in [5.74, 6) is 0.582. The average Bonchev–Trinajstić information content (AvgIpc) is 3.27. The van der Waals surface area contributed by atoms with E-state index in [0.29, 0.717) is 28.5 Å². The van der Waals surface area contributed by atoms with Gasteiger partial charge in [0.2, 0.25) is 5.91 Å². The molecule has 0 spiro atoms. The maximum absolute atomic E-state index is 12.9. The van der Waals surface area contributed by atoms with Gasteiger partial charge in [0.05, 0.1) is 11.4 Å². The largest absolute Gasteiger partial charge is 0.325 e. The number of thioether (sulfide) groups is 1. The molecule has 0 aliphatic carbocycles. The third-order valence-electron chi connectivity index (χ3n) is 4.88. The van der Waals surface area contributed by atoms with E-state index < -0.39 is 0 Å². The molecule has 0 atom stereocenters. The molecule has 0 fully saturated rings. The van der Waals surface area contributed by atoms with E-state index in [-0.39, 0.29) is 17.4 Å². The molecule has 1 heterocycles. The molecule has 1 N–H and O–H groups in total. The van der Waals surface area contributed by atoms with E-state index in [2.05, 4.69) is 15.5 Å². The number of benzene rings is 3. The summed E-state index contributed by atoms with van der Waals surface area (Å²) >= 11 is 1.32. The number of carbonyl (C=O) groups excluding carboxylic acids is 2. The average molecular weight is 443 g/mol. The minimum atomic E-state index is -0.213. The fourth-order valence-electron chi connectivity index (χ4n) is 3.33. The zero-order valence-electron chi connectivity index (χ0n) is 17.6. The van der Waals surface area contributed by atoms with Crippen molar-refractivity contribution in [3.05, 3.63) is 96.1 Å². The van der Waals surface area contributed by atoms with Gasteiger partial charge in [-0.1, -0.05) is 84.6 Å². The fraction of sp³-hybridized carbons (Fsp3) is 0.120. The monoisotopic (exact) mass is 442 g/mol. The number of nitrogens with zero attached hydrogens (tertiary/aromatic N) is 3. The molecule has 0 unspecified atom stereocenters. The van der Waals surface area contributed by atoms with E-state index in [1.807, 2.05) is 60.0 Å². The van der Waals surface area contributed by atoms with Gasteiger partial charge in [-0.3, -0.25) is 9.59 Å². The van der Waals surface area contributed by atoms with Crippen LogP contribution in [0.4, 0.5) is 5.69 Å². The highest BCUT2D eigenvalue weighted by atomic mass is 32.2. The third kappa shape index (κ3) is 4.78. The van der Waals surface area contributed by atoms with E-state index in [1.54, 1.807) is 36.4 Å². The van der Waals surface area contributed by atoms with Gasteiger partial charge < -0.3 is 9.88 Å². The van der Waals surface area contributed by atoms with Crippen molar-refractivity contribution in [1.29, 1.82) is 0 Å². The molecule has 3 aromatic carbocycles. The lowest BCUT2D eigenvalue weighted by atomic mass is 10.0. The number of rotatable bonds is 8. The molecule has 7 heteroatoms. The maximum Gasteiger partial charge on any atom is 0.234 e. The Bertz CT molecular complexity index is 1220. The minimum Gasteiger partial charge on any atom is -0.325 e. The van der Waals surface area contributed by atoms with Gasteiger partial charge in [0, 0.05) is 23.2 Å². The van der Waals surface area contributed by atoms with Gasteiger partial charge >= 0.3 is 0 Å². The van der Waals surface area contributed by atoms with Gasteiger partial charge in [0.1, 0.15) is 0 Å². The van der Waals surface area contributed by atoms with Gasteiger partial charge in [0.25, 0.3) is 0 Å². The Labute approximate surface area is 190 Å². The predicted molar refractivity (Wildman–Crippen MR) is 127 cm³/mol. The molecule has 160 valence electrons. The van der Waals surface area contributed by atoms with Crippen LogP contribution in [0.2, 0.25) is 0 Å². The van der Waals surface area contributed by atoms with Crippen molar-refractivity contribution in [3.63, 3.8) is 0 Å². The van der Waals surface area contributed by atoms with Crippen molar-refractivity contribution in [2.75, 3.05) is 11.1 Å². The van der Waals surface area contributed by atoms with Crippen molar-refractivity contribution in [2.24, 2.45) is 0 Å². The van der Waals surface area contributed by atoms with Crippen LogP contribution in [0, 0.1) is 0 Å². The Balaban J connectivity index is 1.46. The lowest BCUT2D eigenvalue weighted by molar-refractivity contribution is -0.113. The number of nitrogens with one attached hydrogen (secondary N) is 1. The summed E-state index contributed by atoms with van der Waals surface area (Å²) in [7, 11) is 0. The molecule has 0 radical (unpaired) electrons. The van der Waals surface area contributed by atoms with Crippen LogP contribution in [0.5, 0.6) is 0 Å². The van der Waals surface area contributed by atoms with Gasteiger partial charge in [-0.2, -0.15) is 0 Å². The minimum absolute atomic E-state index is 0.132. The number of aromatic nitrogens is 3. The Morgan fingerprint density at radius 3 is 2.25 bits per heavy atom. The van der Waals surface area contributed by atoms with Crippen molar-refractivity contribution >= 4 is 29.1 Å². The summed E-state index contributed by atoms with van der Waals surface area (Å²) in [6.45, 7) is 2.71. The first-order chi connectivity index (χ1) is 15.7. The number of carbonyl (C=O) groups is 2. The Hall–Kier alpha value is -3.71. The normalized spacial score (nSPS) is 10.7. The molecule has 0 aliphatic rings. The highest BCUT2D eigenvalue weighted by Crippen LogP contribution is 2.24. The molecule has 0 bridgehead atoms. The second-order valence-electron chi connectivity index (χ2n) is 6.99. The zero-order chi connectivity index (χ0) is 22.3. The molecule has 1 aromatic heterocycles. The standard InChI is InChI=1S/C25H22N4O2S/c1-2-29-24(19-13-7-4-8-14-19)27-28-25(29)32-17-22(30)26-21-16-10-9-15-20(21)23(31)18-11-5-3-6-12-18/h3-16H,2,17H2,1H3,(H,26,30). The maximum atomic E-state index is 12.9. The molecule has 0 saturated heterocycles. The highest BCUT2D eigenvalue weighted by molar-refractivity contribution is 7.99. The zero-order valence-corrected chi connectivity index (χ0v) is 18.4. The molecule has 4 rings (SSSR count). The van der Waals surface area contributed by atoms with Crippen LogP contribution >= 0.6 is 11.8 Å². The number of amides is 1. The molecule has 4 aromatic rings. The predicted octanol–water partition coefficient (Wildman–Crippen LogP) is 4.93. The lowest BCUT2D eigenvalue weighted by Crippen LogP contribution is -2.17. The van der Waals surface area contributed by atoms with Crippen molar-refractivity contribution < 1.29 is 9.59 Å². The first kappa shape index (κ1) is 21.5. The van der Waals surface area contributed by atoms with Crippen LogP contribution in [0.15, 0.2) is 90.1 Å². The highest BCUT2D eigenvalue weighted by Gasteiger charge is 2.17. The Morgan fingerprint density at radius 1 is 0.875 bits per heavy atom. The van der Waals surface area contributed by atoms with Gasteiger partial charge in [-0.25, -0.2) is 0 Å². The summed E-state index contributed by atoms with van der Waals surface area (Å²) < 4.78 is 1.99. The van der Waals surface area contributed by atoms with Crippen LogP contribution in [-0.4, -0.2) is 32.2 Å². The Morgan fingerprint density at radius 2 is 1.53 bits per heavy atom. The van der Waals surface area contributed by atoms with Gasteiger partial charge in [-0.15, -0.1) is 10.2 Å². The third-order valence-corrected chi connectivity index (χ3v) is 5.85. The van der Waals surface area contributed by atoms with Crippen LogP contribution in [0.3, 0.4) is 0 Å². The van der Waals surface area contributed by atoms with Crippen LogP contribution in [0.1, 0.15) is 22.8 Å². The van der Waals surface area contributed by atoms with Crippen molar-refractivity contribution in [3.8, 4) is 11.4 Å². The van der Waals surface area contributed by atoms with E-state index in [0.717, 1.165) is 11.4 Å². The molecule has 6 nitrogen and oxygen atoms in total. The molecule has 0 aliphatic heterocycles. The second-order valence-corrected chi connectivity index (χ2v) is 7.94. The van der Waals surface area contributed by atoms with Crippen LogP contribution in [-0.2, 0) is 11.3 Å². The smallest absolute Gasteiger partial charge is 0.234 e. The number of hydrogen-bond donors (Lipinski definition) is 1. The summed E-state index contributed by atoms with van der Waals surface area (Å²) in [6.07, 6.45) is 0. The van der Waals surface area contributed by atoms with Crippen LogP contribution in [0.25, 0.3) is 11.4 Å². The SMILES string of the molecule is CCn1c(SCC(=O)Nc2ccccc2C(=O)c2ccccc2)nnc1-c1ccccc1. The fourth-order valence-corrected chi connectivity index (χ4v) is 4.14. The van der Waals surface area contributed by atoms with Gasteiger partial charge in [0.15, 0.2) is 16.8 Å². The van der Waals surface area contributed by atoms with E-state index in [9.17, 15) is 9.59 Å². The first-order valence-electron chi connectivity index (χ1n) is 10.3. The van der Waals surface area contributed by atoms with E-state index in [4.69, 9.17) is 0 Å². The van der Waals surface area contributed by atoms with E-state index >= 15 is 0 Å².